The van der Waals surface area contributed by atoms with Gasteiger partial charge in [-0.15, -0.1) is 0 Å². The van der Waals surface area contributed by atoms with Crippen LogP contribution in [0, 0.1) is 3.57 Å². The van der Waals surface area contributed by atoms with Crippen LogP contribution >= 0.6 is 34.2 Å². The number of carbonyl (C=O) groups excluding carboxylic acids is 2. The van der Waals surface area contributed by atoms with E-state index in [9.17, 15) is 18.0 Å². The lowest BCUT2D eigenvalue weighted by Gasteiger charge is -2.27. The highest BCUT2D eigenvalue weighted by Crippen LogP contribution is 2.31. The van der Waals surface area contributed by atoms with Crippen LogP contribution in [0.4, 0.5) is 5.69 Å². The van der Waals surface area contributed by atoms with Crippen molar-refractivity contribution in [2.45, 2.75) is 49.5 Å². The van der Waals surface area contributed by atoms with Gasteiger partial charge in [-0.25, -0.2) is 13.3 Å². The number of nitrogens with zero attached hydrogens (tertiary/aromatic N) is 2. The van der Waals surface area contributed by atoms with Crippen molar-refractivity contribution in [1.82, 2.24) is 4.31 Å². The molecule has 2 aliphatic rings. The zero-order chi connectivity index (χ0) is 23.6. The van der Waals surface area contributed by atoms with E-state index in [2.05, 4.69) is 28.7 Å². The first-order valence-corrected chi connectivity index (χ1v) is 13.7. The van der Waals surface area contributed by atoms with Gasteiger partial charge in [0.2, 0.25) is 15.9 Å². The fourth-order valence-corrected chi connectivity index (χ4v) is 6.34. The van der Waals surface area contributed by atoms with E-state index in [-0.39, 0.29) is 17.9 Å². The summed E-state index contributed by atoms with van der Waals surface area (Å²) in [6.07, 6.45) is 6.65. The zero-order valence-electron chi connectivity index (χ0n) is 17.9. The maximum absolute atomic E-state index is 13.6. The SMILES string of the molecule is O=C1CC(N(CCC2=CCCCC2)S(=O)(=O)c2ccc(Cl)cc2)C(=O)N1c1ccc(I)cc1. The Balaban J connectivity index is 1.67. The summed E-state index contributed by atoms with van der Waals surface area (Å²) in [6, 6.07) is 11.8. The first-order valence-electron chi connectivity index (χ1n) is 10.8. The molecule has 2 aromatic carbocycles. The number of carbonyl (C=O) groups is 2. The van der Waals surface area contributed by atoms with Crippen molar-refractivity contribution in [2.24, 2.45) is 0 Å². The highest BCUT2D eigenvalue weighted by molar-refractivity contribution is 14.1. The number of sulfonamides is 1. The highest BCUT2D eigenvalue weighted by Gasteiger charge is 2.46. The van der Waals surface area contributed by atoms with E-state index in [4.69, 9.17) is 11.6 Å². The van der Waals surface area contributed by atoms with E-state index >= 15 is 0 Å². The van der Waals surface area contributed by atoms with Crippen molar-refractivity contribution in [1.29, 1.82) is 0 Å². The lowest BCUT2D eigenvalue weighted by atomic mass is 9.97. The second-order valence-electron chi connectivity index (χ2n) is 8.19. The van der Waals surface area contributed by atoms with E-state index < -0.39 is 27.9 Å². The van der Waals surface area contributed by atoms with Gasteiger partial charge in [-0.05, 0) is 103 Å². The Bertz CT molecular complexity index is 1180. The molecule has 2 aromatic rings. The van der Waals surface area contributed by atoms with Crippen LogP contribution in [0.3, 0.4) is 0 Å². The number of hydrogen-bond acceptors (Lipinski definition) is 4. The van der Waals surface area contributed by atoms with Gasteiger partial charge in [0.1, 0.15) is 6.04 Å². The van der Waals surface area contributed by atoms with Crippen LogP contribution in [0.2, 0.25) is 5.02 Å². The molecule has 1 unspecified atom stereocenters. The van der Waals surface area contributed by atoms with E-state index in [1.54, 1.807) is 12.1 Å². The maximum Gasteiger partial charge on any atom is 0.252 e. The molecule has 0 saturated carbocycles. The van der Waals surface area contributed by atoms with Crippen molar-refractivity contribution >= 4 is 61.7 Å². The van der Waals surface area contributed by atoms with Gasteiger partial charge in [0, 0.05) is 15.1 Å². The van der Waals surface area contributed by atoms with E-state index in [0.29, 0.717) is 17.1 Å². The largest absolute Gasteiger partial charge is 0.274 e. The predicted molar refractivity (Wildman–Crippen MR) is 137 cm³/mol. The maximum atomic E-state index is 13.6. The van der Waals surface area contributed by atoms with Gasteiger partial charge in [-0.2, -0.15) is 4.31 Å². The van der Waals surface area contributed by atoms with Gasteiger partial charge in [0.05, 0.1) is 17.0 Å². The average Bonchev–Trinajstić information content (AvgIpc) is 3.09. The third-order valence-electron chi connectivity index (χ3n) is 6.01. The van der Waals surface area contributed by atoms with Crippen molar-refractivity contribution in [3.8, 4) is 0 Å². The molecule has 4 rings (SSSR count). The monoisotopic (exact) mass is 598 g/mol. The fourth-order valence-electron chi connectivity index (χ4n) is 4.27. The topological polar surface area (TPSA) is 74.8 Å². The quantitative estimate of drug-likeness (QED) is 0.251. The summed E-state index contributed by atoms with van der Waals surface area (Å²) in [5.41, 5.74) is 1.65. The Morgan fingerprint density at radius 3 is 2.36 bits per heavy atom. The average molecular weight is 599 g/mol. The van der Waals surface area contributed by atoms with Crippen LogP contribution in [0.25, 0.3) is 0 Å². The van der Waals surface area contributed by atoms with Crippen LogP contribution in [-0.4, -0.2) is 37.1 Å². The van der Waals surface area contributed by atoms with Gasteiger partial charge < -0.3 is 0 Å². The summed E-state index contributed by atoms with van der Waals surface area (Å²) in [5, 5.41) is 0.421. The normalized spacial score (nSPS) is 19.3. The van der Waals surface area contributed by atoms with Gasteiger partial charge >= 0.3 is 0 Å². The molecule has 1 aliphatic carbocycles. The molecule has 0 N–H and O–H groups in total. The Morgan fingerprint density at radius 2 is 1.73 bits per heavy atom. The van der Waals surface area contributed by atoms with Crippen LogP contribution < -0.4 is 4.90 Å². The van der Waals surface area contributed by atoms with Gasteiger partial charge in [-0.1, -0.05) is 23.3 Å². The summed E-state index contributed by atoms with van der Waals surface area (Å²) in [7, 11) is -4.02. The number of amides is 2. The first-order chi connectivity index (χ1) is 15.8. The molecular weight excluding hydrogens is 575 g/mol. The third kappa shape index (κ3) is 5.34. The Morgan fingerprint density at radius 1 is 1.03 bits per heavy atom. The fraction of sp³-hybridized carbons (Fsp3) is 0.333. The van der Waals surface area contributed by atoms with E-state index in [1.165, 1.54) is 34.1 Å². The molecule has 6 nitrogen and oxygen atoms in total. The summed E-state index contributed by atoms with van der Waals surface area (Å²) in [5.74, 6) is -0.921. The third-order valence-corrected chi connectivity index (χ3v) is 8.91. The Labute approximate surface area is 212 Å². The number of halogens is 2. The molecule has 0 radical (unpaired) electrons. The standard InChI is InChI=1S/C24H24ClIN2O4S/c25-18-6-12-21(13-7-18)33(31,32)27(15-14-17-4-2-1-3-5-17)22-16-23(29)28(24(22)30)20-10-8-19(26)9-11-20/h4,6-13,22H,1-3,5,14-16H2. The molecule has 2 amide bonds. The van der Waals surface area contributed by atoms with Crippen molar-refractivity contribution in [2.75, 3.05) is 11.4 Å². The molecular formula is C24H24ClIN2O4S. The molecule has 1 atom stereocenters. The minimum atomic E-state index is -4.02. The van der Waals surface area contributed by atoms with Crippen molar-refractivity contribution < 1.29 is 18.0 Å². The minimum Gasteiger partial charge on any atom is -0.274 e. The summed E-state index contributed by atoms with van der Waals surface area (Å²) >= 11 is 8.10. The smallest absolute Gasteiger partial charge is 0.252 e. The van der Waals surface area contributed by atoms with Crippen molar-refractivity contribution in [3.63, 3.8) is 0 Å². The lowest BCUT2D eigenvalue weighted by molar-refractivity contribution is -0.122. The number of benzene rings is 2. The molecule has 1 saturated heterocycles. The molecule has 174 valence electrons. The highest BCUT2D eigenvalue weighted by atomic mass is 127. The lowest BCUT2D eigenvalue weighted by Crippen LogP contribution is -2.46. The minimum absolute atomic E-state index is 0.0532. The number of anilines is 1. The van der Waals surface area contributed by atoms with E-state index in [1.807, 2.05) is 12.1 Å². The molecule has 0 bridgehead atoms. The first kappa shape index (κ1) is 24.4. The molecule has 1 aliphatic heterocycles. The number of imide groups is 1. The van der Waals surface area contributed by atoms with Gasteiger partial charge in [-0.3, -0.25) is 9.59 Å². The molecule has 1 fully saturated rings. The number of hydrogen-bond donors (Lipinski definition) is 0. The Hall–Kier alpha value is -1.75. The molecule has 0 spiro atoms. The van der Waals surface area contributed by atoms with Crippen LogP contribution in [0.15, 0.2) is 65.1 Å². The Kier molecular flexibility index (Phi) is 7.57. The number of allylic oxidation sites excluding steroid dienone is 1. The molecule has 0 aromatic heterocycles. The summed E-state index contributed by atoms with van der Waals surface area (Å²) in [4.78, 5) is 27.4. The van der Waals surface area contributed by atoms with Crippen LogP contribution in [0.1, 0.15) is 38.5 Å². The van der Waals surface area contributed by atoms with Crippen molar-refractivity contribution in [3.05, 3.63) is 68.8 Å². The summed E-state index contributed by atoms with van der Waals surface area (Å²) < 4.78 is 29.4. The van der Waals surface area contributed by atoms with Gasteiger partial charge in [0.15, 0.2) is 0 Å². The molecule has 9 heteroatoms. The van der Waals surface area contributed by atoms with Crippen LogP contribution in [0.5, 0.6) is 0 Å². The van der Waals surface area contributed by atoms with Crippen LogP contribution in [-0.2, 0) is 19.6 Å². The predicted octanol–water partition coefficient (Wildman–Crippen LogP) is 5.16. The molecule has 33 heavy (non-hydrogen) atoms. The molecule has 1 heterocycles. The number of rotatable bonds is 7. The van der Waals surface area contributed by atoms with Gasteiger partial charge in [0.25, 0.3) is 5.91 Å². The zero-order valence-corrected chi connectivity index (χ0v) is 21.6. The van der Waals surface area contributed by atoms with E-state index in [0.717, 1.165) is 34.2 Å². The second kappa shape index (κ2) is 10.2. The second-order valence-corrected chi connectivity index (χ2v) is 11.8. The summed E-state index contributed by atoms with van der Waals surface area (Å²) in [6.45, 7) is 0.140.